The fourth-order valence-electron chi connectivity index (χ4n) is 3.19. The molecule has 0 saturated carbocycles. The Morgan fingerprint density at radius 2 is 1.74 bits per heavy atom. The fourth-order valence-corrected chi connectivity index (χ4v) is 5.26. The summed E-state index contributed by atoms with van der Waals surface area (Å²) in [5.74, 6) is 0.0126. The van der Waals surface area contributed by atoms with Crippen LogP contribution in [0.3, 0.4) is 0 Å². The molecule has 0 aliphatic heterocycles. The van der Waals surface area contributed by atoms with Gasteiger partial charge in [-0.3, -0.25) is 9.59 Å². The van der Waals surface area contributed by atoms with Crippen molar-refractivity contribution in [2.24, 2.45) is 0 Å². The van der Waals surface area contributed by atoms with Crippen LogP contribution in [0.1, 0.15) is 59.5 Å². The predicted octanol–water partition coefficient (Wildman–Crippen LogP) is 5.76. The van der Waals surface area contributed by atoms with Crippen molar-refractivity contribution in [2.75, 3.05) is 5.88 Å². The van der Waals surface area contributed by atoms with Crippen molar-refractivity contribution in [3.63, 3.8) is 0 Å². The highest BCUT2D eigenvalue weighted by atomic mass is 35.5. The number of ketones is 1. The summed E-state index contributed by atoms with van der Waals surface area (Å²) in [7, 11) is 0. The second-order valence-electron chi connectivity index (χ2n) is 5.68. The number of Topliss-reactive ketones (excluding diaryl/α,β-unsaturated/α-hetero) is 1. The van der Waals surface area contributed by atoms with Gasteiger partial charge in [-0.25, -0.2) is 0 Å². The maximum absolute atomic E-state index is 11.9. The van der Waals surface area contributed by atoms with Crippen LogP contribution in [0.2, 0.25) is 0 Å². The van der Waals surface area contributed by atoms with Crippen LogP contribution in [0, 0.1) is 13.8 Å². The molecule has 1 aliphatic carbocycles. The Kier molecular flexibility index (Phi) is 4.85. The number of allylic oxidation sites excluding steroid dienone is 2. The molecule has 2 nitrogen and oxygen atoms in total. The minimum absolute atomic E-state index is 0.0129. The number of hydrogen-bond acceptors (Lipinski definition) is 4. The third kappa shape index (κ3) is 3.08. The Labute approximate surface area is 148 Å². The minimum atomic E-state index is -0.0129. The topological polar surface area (TPSA) is 34.1 Å². The van der Waals surface area contributed by atoms with Gasteiger partial charge in [-0.05, 0) is 67.5 Å². The number of halogens is 1. The Morgan fingerprint density at radius 3 is 2.30 bits per heavy atom. The number of carbonyl (C=O) groups excluding carboxylic acids is 2. The second kappa shape index (κ2) is 6.71. The molecule has 0 aromatic carbocycles. The van der Waals surface area contributed by atoms with Gasteiger partial charge in [0.05, 0.1) is 15.6 Å². The highest BCUT2D eigenvalue weighted by Crippen LogP contribution is 2.44. The van der Waals surface area contributed by atoms with Crippen LogP contribution in [0.15, 0.2) is 12.1 Å². The van der Waals surface area contributed by atoms with Gasteiger partial charge in [0.1, 0.15) is 0 Å². The summed E-state index contributed by atoms with van der Waals surface area (Å²) < 4.78 is 0. The molecule has 1 aliphatic rings. The standard InChI is InChI=1S/C18H17ClO2S2/c1-10-15(6-12(9-20)22-10)13-4-3-5-14(13)16-7-18(17(21)8-19)23-11(16)2/h6-7,9H,3-5,8H2,1-2H3. The SMILES string of the molecule is Cc1sc(C=O)cc1C1=C(c2cc(C(=O)CCl)sc2C)CCC1. The van der Waals surface area contributed by atoms with E-state index in [9.17, 15) is 9.59 Å². The number of thiophene rings is 2. The molecular formula is C18H17ClO2S2. The lowest BCUT2D eigenvalue weighted by molar-refractivity contribution is 0.102. The molecule has 2 aromatic heterocycles. The van der Waals surface area contributed by atoms with Crippen molar-refractivity contribution in [3.05, 3.63) is 42.8 Å². The number of aldehydes is 1. The van der Waals surface area contributed by atoms with Crippen molar-refractivity contribution < 1.29 is 9.59 Å². The van der Waals surface area contributed by atoms with E-state index in [0.717, 1.165) is 40.2 Å². The summed E-state index contributed by atoms with van der Waals surface area (Å²) in [5, 5.41) is 0. The molecular weight excluding hydrogens is 348 g/mol. The lowest BCUT2D eigenvalue weighted by Gasteiger charge is -2.07. The van der Waals surface area contributed by atoms with Gasteiger partial charge < -0.3 is 0 Å². The summed E-state index contributed by atoms with van der Waals surface area (Å²) in [6.45, 7) is 4.13. The van der Waals surface area contributed by atoms with Crippen molar-refractivity contribution >= 4 is 57.5 Å². The fraction of sp³-hybridized carbons (Fsp3) is 0.333. The van der Waals surface area contributed by atoms with Gasteiger partial charge >= 0.3 is 0 Å². The monoisotopic (exact) mass is 364 g/mol. The van der Waals surface area contributed by atoms with E-state index in [1.54, 1.807) is 11.3 Å². The van der Waals surface area contributed by atoms with Crippen LogP contribution in [0.4, 0.5) is 0 Å². The lowest BCUT2D eigenvalue weighted by atomic mass is 9.97. The van der Waals surface area contributed by atoms with Gasteiger partial charge in [0.15, 0.2) is 12.1 Å². The number of hydrogen-bond donors (Lipinski definition) is 0. The Bertz CT molecular complexity index is 811. The molecule has 120 valence electrons. The van der Waals surface area contributed by atoms with E-state index in [0.29, 0.717) is 0 Å². The number of carbonyl (C=O) groups is 2. The summed E-state index contributed by atoms with van der Waals surface area (Å²) in [6.07, 6.45) is 4.08. The first-order chi connectivity index (χ1) is 11.0. The van der Waals surface area contributed by atoms with E-state index in [2.05, 4.69) is 13.8 Å². The molecule has 23 heavy (non-hydrogen) atoms. The normalized spacial score (nSPS) is 14.6. The number of alkyl halides is 1. The van der Waals surface area contributed by atoms with Crippen molar-refractivity contribution in [3.8, 4) is 0 Å². The van der Waals surface area contributed by atoms with Gasteiger partial charge in [-0.2, -0.15) is 0 Å². The molecule has 0 spiro atoms. The summed E-state index contributed by atoms with van der Waals surface area (Å²) in [6, 6.07) is 3.99. The summed E-state index contributed by atoms with van der Waals surface area (Å²) >= 11 is 8.75. The molecule has 0 radical (unpaired) electrons. The highest BCUT2D eigenvalue weighted by molar-refractivity contribution is 7.14. The van der Waals surface area contributed by atoms with Crippen LogP contribution in [-0.4, -0.2) is 17.9 Å². The van der Waals surface area contributed by atoms with E-state index in [1.807, 2.05) is 12.1 Å². The second-order valence-corrected chi connectivity index (χ2v) is 8.50. The first kappa shape index (κ1) is 16.6. The van der Waals surface area contributed by atoms with E-state index < -0.39 is 0 Å². The molecule has 0 bridgehead atoms. The van der Waals surface area contributed by atoms with Gasteiger partial charge in [0.25, 0.3) is 0 Å². The molecule has 0 fully saturated rings. The summed E-state index contributed by atoms with van der Waals surface area (Å²) in [4.78, 5) is 26.8. The average Bonchev–Trinajstić information content (AvgIpc) is 3.23. The van der Waals surface area contributed by atoms with Crippen LogP contribution in [0.5, 0.6) is 0 Å². The smallest absolute Gasteiger partial charge is 0.187 e. The molecule has 3 rings (SSSR count). The van der Waals surface area contributed by atoms with E-state index in [4.69, 9.17) is 11.6 Å². The van der Waals surface area contributed by atoms with Crippen LogP contribution < -0.4 is 0 Å². The van der Waals surface area contributed by atoms with Crippen molar-refractivity contribution in [2.45, 2.75) is 33.1 Å². The summed E-state index contributed by atoms with van der Waals surface area (Å²) in [5.41, 5.74) is 5.03. The van der Waals surface area contributed by atoms with Crippen LogP contribution in [0.25, 0.3) is 11.1 Å². The maximum atomic E-state index is 11.9. The van der Waals surface area contributed by atoms with Crippen molar-refractivity contribution in [1.29, 1.82) is 0 Å². The first-order valence-corrected chi connectivity index (χ1v) is 9.70. The van der Waals surface area contributed by atoms with Crippen LogP contribution in [-0.2, 0) is 0 Å². The molecule has 0 N–H and O–H groups in total. The highest BCUT2D eigenvalue weighted by Gasteiger charge is 2.23. The lowest BCUT2D eigenvalue weighted by Crippen LogP contribution is -1.95. The maximum Gasteiger partial charge on any atom is 0.187 e. The average molecular weight is 365 g/mol. The third-order valence-corrected chi connectivity index (χ3v) is 6.55. The quantitative estimate of drug-likeness (QED) is 0.384. The molecule has 2 aromatic rings. The van der Waals surface area contributed by atoms with E-state index in [-0.39, 0.29) is 11.7 Å². The molecule has 0 saturated heterocycles. The predicted molar refractivity (Wildman–Crippen MR) is 99.2 cm³/mol. The molecule has 0 atom stereocenters. The molecule has 0 unspecified atom stereocenters. The zero-order valence-corrected chi connectivity index (χ0v) is 15.5. The minimum Gasteiger partial charge on any atom is -0.297 e. The van der Waals surface area contributed by atoms with Crippen molar-refractivity contribution in [1.82, 2.24) is 0 Å². The van der Waals surface area contributed by atoms with Gasteiger partial charge in [-0.15, -0.1) is 34.3 Å². The van der Waals surface area contributed by atoms with Crippen LogP contribution >= 0.6 is 34.3 Å². The van der Waals surface area contributed by atoms with Gasteiger partial charge in [-0.1, -0.05) is 0 Å². The molecule has 2 heterocycles. The molecule has 5 heteroatoms. The van der Waals surface area contributed by atoms with Gasteiger partial charge in [0, 0.05) is 9.75 Å². The van der Waals surface area contributed by atoms with E-state index >= 15 is 0 Å². The van der Waals surface area contributed by atoms with Gasteiger partial charge in [0.2, 0.25) is 0 Å². The van der Waals surface area contributed by atoms with E-state index in [1.165, 1.54) is 38.5 Å². The Morgan fingerprint density at radius 1 is 1.13 bits per heavy atom. The molecule has 0 amide bonds. The third-order valence-electron chi connectivity index (χ3n) is 4.24. The first-order valence-electron chi connectivity index (χ1n) is 7.53. The largest absolute Gasteiger partial charge is 0.297 e. The zero-order valence-electron chi connectivity index (χ0n) is 13.1. The number of rotatable bonds is 5. The number of aryl methyl sites for hydroxylation is 2. The Hall–Kier alpha value is -1.23. The Balaban J connectivity index is 2.09. The zero-order chi connectivity index (χ0) is 16.6.